The number of ether oxygens (including phenoxy) is 1. The average Bonchev–Trinajstić information content (AvgIpc) is 2.64. The van der Waals surface area contributed by atoms with Gasteiger partial charge in [0.2, 0.25) is 0 Å². The van der Waals surface area contributed by atoms with Crippen molar-refractivity contribution < 1.29 is 13.9 Å². The number of hydrogen-bond acceptors (Lipinski definition) is 2. The van der Waals surface area contributed by atoms with Crippen molar-refractivity contribution in [3.8, 4) is 5.75 Å². The van der Waals surface area contributed by atoms with E-state index in [2.05, 4.69) is 5.32 Å². The third-order valence-corrected chi connectivity index (χ3v) is 2.30. The summed E-state index contributed by atoms with van der Waals surface area (Å²) in [6.07, 6.45) is 0. The van der Waals surface area contributed by atoms with Gasteiger partial charge in [0.05, 0.1) is 7.11 Å². The SMILES string of the molecule is COc1ccc(N2CCNC2=O)cc1F. The minimum Gasteiger partial charge on any atom is -0.494 e. The van der Waals surface area contributed by atoms with Gasteiger partial charge in [0, 0.05) is 24.8 Å². The van der Waals surface area contributed by atoms with E-state index in [4.69, 9.17) is 4.74 Å². The standard InChI is InChI=1S/C10H11FN2O2/c1-15-9-3-2-7(6-8(9)11)13-5-4-12-10(13)14/h2-3,6H,4-5H2,1H3,(H,12,14). The summed E-state index contributed by atoms with van der Waals surface area (Å²) >= 11 is 0. The number of anilines is 1. The molecule has 5 heteroatoms. The molecule has 0 atom stereocenters. The zero-order chi connectivity index (χ0) is 10.8. The molecule has 0 bridgehead atoms. The Morgan fingerprint density at radius 2 is 2.33 bits per heavy atom. The van der Waals surface area contributed by atoms with Gasteiger partial charge in [-0.3, -0.25) is 4.90 Å². The normalized spacial score (nSPS) is 15.3. The number of carbonyl (C=O) groups is 1. The maximum Gasteiger partial charge on any atom is 0.321 e. The van der Waals surface area contributed by atoms with Gasteiger partial charge in [0.25, 0.3) is 0 Å². The molecule has 2 amide bonds. The molecule has 1 N–H and O–H groups in total. The number of amides is 2. The highest BCUT2D eigenvalue weighted by molar-refractivity contribution is 5.94. The van der Waals surface area contributed by atoms with Crippen LogP contribution in [0.3, 0.4) is 0 Å². The van der Waals surface area contributed by atoms with Crippen molar-refractivity contribution in [2.45, 2.75) is 0 Å². The Labute approximate surface area is 86.6 Å². The zero-order valence-corrected chi connectivity index (χ0v) is 8.29. The van der Waals surface area contributed by atoms with Crippen LogP contribution >= 0.6 is 0 Å². The van der Waals surface area contributed by atoms with E-state index in [1.54, 1.807) is 6.07 Å². The topological polar surface area (TPSA) is 41.6 Å². The quantitative estimate of drug-likeness (QED) is 0.800. The Hall–Kier alpha value is -1.78. The highest BCUT2D eigenvalue weighted by Crippen LogP contribution is 2.24. The number of urea groups is 1. The lowest BCUT2D eigenvalue weighted by Gasteiger charge is -2.14. The Morgan fingerprint density at radius 1 is 1.53 bits per heavy atom. The van der Waals surface area contributed by atoms with Crippen molar-refractivity contribution in [2.24, 2.45) is 0 Å². The van der Waals surface area contributed by atoms with Crippen LogP contribution in [-0.2, 0) is 0 Å². The second-order valence-corrected chi connectivity index (χ2v) is 3.20. The summed E-state index contributed by atoms with van der Waals surface area (Å²) < 4.78 is 18.1. The molecule has 0 saturated carbocycles. The Morgan fingerprint density at radius 3 is 2.87 bits per heavy atom. The first-order chi connectivity index (χ1) is 7.22. The van der Waals surface area contributed by atoms with E-state index < -0.39 is 5.82 Å². The van der Waals surface area contributed by atoms with Gasteiger partial charge in [-0.1, -0.05) is 0 Å². The van der Waals surface area contributed by atoms with Gasteiger partial charge in [-0.05, 0) is 12.1 Å². The maximum atomic E-state index is 13.3. The third kappa shape index (κ3) is 1.72. The summed E-state index contributed by atoms with van der Waals surface area (Å²) in [5.41, 5.74) is 0.545. The number of carbonyl (C=O) groups excluding carboxylic acids is 1. The molecule has 15 heavy (non-hydrogen) atoms. The molecule has 0 unspecified atom stereocenters. The monoisotopic (exact) mass is 210 g/mol. The number of benzene rings is 1. The van der Waals surface area contributed by atoms with Crippen LogP contribution < -0.4 is 15.0 Å². The molecule has 0 aliphatic carbocycles. The minimum atomic E-state index is -0.463. The molecule has 1 aliphatic heterocycles. The van der Waals surface area contributed by atoms with Crippen molar-refractivity contribution in [1.82, 2.24) is 5.32 Å². The fourth-order valence-corrected chi connectivity index (χ4v) is 1.54. The maximum absolute atomic E-state index is 13.3. The minimum absolute atomic E-state index is 0.179. The lowest BCUT2D eigenvalue weighted by Crippen LogP contribution is -2.27. The lowest BCUT2D eigenvalue weighted by molar-refractivity contribution is 0.252. The third-order valence-electron chi connectivity index (χ3n) is 2.30. The molecule has 1 aliphatic rings. The smallest absolute Gasteiger partial charge is 0.321 e. The van der Waals surface area contributed by atoms with Gasteiger partial charge < -0.3 is 10.1 Å². The summed E-state index contributed by atoms with van der Waals surface area (Å²) in [6.45, 7) is 1.15. The predicted molar refractivity (Wildman–Crippen MR) is 53.7 cm³/mol. The van der Waals surface area contributed by atoms with Gasteiger partial charge in [-0.25, -0.2) is 9.18 Å². The van der Waals surface area contributed by atoms with E-state index in [1.165, 1.54) is 24.1 Å². The van der Waals surface area contributed by atoms with E-state index in [-0.39, 0.29) is 11.8 Å². The predicted octanol–water partition coefficient (Wildman–Crippen LogP) is 1.36. The summed E-state index contributed by atoms with van der Waals surface area (Å²) in [5, 5.41) is 2.65. The van der Waals surface area contributed by atoms with Crippen LogP contribution in [0.1, 0.15) is 0 Å². The highest BCUT2D eigenvalue weighted by Gasteiger charge is 2.21. The molecule has 0 aromatic heterocycles. The molecule has 1 aromatic carbocycles. The summed E-state index contributed by atoms with van der Waals surface area (Å²) in [5.74, 6) is -0.284. The number of nitrogens with zero attached hydrogens (tertiary/aromatic N) is 1. The van der Waals surface area contributed by atoms with Gasteiger partial charge in [-0.2, -0.15) is 0 Å². The molecule has 80 valence electrons. The van der Waals surface area contributed by atoms with E-state index in [1.807, 2.05) is 0 Å². The first kappa shape index (κ1) is 9.76. The van der Waals surface area contributed by atoms with Crippen molar-refractivity contribution in [1.29, 1.82) is 0 Å². The Kier molecular flexibility index (Phi) is 2.45. The first-order valence-electron chi connectivity index (χ1n) is 4.61. The molecular formula is C10H11FN2O2. The second-order valence-electron chi connectivity index (χ2n) is 3.20. The fraction of sp³-hybridized carbons (Fsp3) is 0.300. The number of hydrogen-bond donors (Lipinski definition) is 1. The molecular weight excluding hydrogens is 199 g/mol. The van der Waals surface area contributed by atoms with Crippen LogP contribution in [0.5, 0.6) is 5.75 Å². The van der Waals surface area contributed by atoms with Crippen LogP contribution in [0.2, 0.25) is 0 Å². The van der Waals surface area contributed by atoms with Gasteiger partial charge in [-0.15, -0.1) is 0 Å². The Bertz CT molecular complexity index is 395. The second kappa shape index (κ2) is 3.76. The van der Waals surface area contributed by atoms with Gasteiger partial charge in [0.1, 0.15) is 0 Å². The van der Waals surface area contributed by atoms with Crippen molar-refractivity contribution in [3.05, 3.63) is 24.0 Å². The first-order valence-corrected chi connectivity index (χ1v) is 4.61. The summed E-state index contributed by atoms with van der Waals surface area (Å²) in [4.78, 5) is 12.8. The average molecular weight is 210 g/mol. The molecule has 4 nitrogen and oxygen atoms in total. The van der Waals surface area contributed by atoms with Crippen LogP contribution in [0.15, 0.2) is 18.2 Å². The van der Waals surface area contributed by atoms with Crippen molar-refractivity contribution >= 4 is 11.7 Å². The number of rotatable bonds is 2. The Balaban J connectivity index is 2.29. The molecule has 1 aromatic rings. The zero-order valence-electron chi connectivity index (χ0n) is 8.29. The molecule has 1 heterocycles. The van der Waals surface area contributed by atoms with E-state index in [0.29, 0.717) is 18.8 Å². The van der Waals surface area contributed by atoms with Crippen molar-refractivity contribution in [3.63, 3.8) is 0 Å². The van der Waals surface area contributed by atoms with Gasteiger partial charge >= 0.3 is 6.03 Å². The summed E-state index contributed by atoms with van der Waals surface area (Å²) in [7, 11) is 1.40. The lowest BCUT2D eigenvalue weighted by atomic mass is 10.2. The molecule has 2 rings (SSSR count). The van der Waals surface area contributed by atoms with Crippen LogP contribution in [0, 0.1) is 5.82 Å². The number of nitrogens with one attached hydrogen (secondary N) is 1. The van der Waals surface area contributed by atoms with E-state index in [0.717, 1.165) is 0 Å². The fourth-order valence-electron chi connectivity index (χ4n) is 1.54. The largest absolute Gasteiger partial charge is 0.494 e. The van der Waals surface area contributed by atoms with E-state index in [9.17, 15) is 9.18 Å². The van der Waals surface area contributed by atoms with Crippen LogP contribution in [0.4, 0.5) is 14.9 Å². The number of methoxy groups -OCH3 is 1. The number of halogens is 1. The van der Waals surface area contributed by atoms with Crippen molar-refractivity contribution in [2.75, 3.05) is 25.1 Å². The van der Waals surface area contributed by atoms with E-state index >= 15 is 0 Å². The molecule has 0 radical (unpaired) electrons. The molecule has 0 spiro atoms. The summed E-state index contributed by atoms with van der Waals surface area (Å²) in [6, 6.07) is 4.27. The van der Waals surface area contributed by atoms with Gasteiger partial charge in [0.15, 0.2) is 11.6 Å². The molecule has 1 saturated heterocycles. The highest BCUT2D eigenvalue weighted by atomic mass is 19.1. The molecule has 1 fully saturated rings. The van der Waals surface area contributed by atoms with Crippen LogP contribution in [-0.4, -0.2) is 26.2 Å². The van der Waals surface area contributed by atoms with Crippen LogP contribution in [0.25, 0.3) is 0 Å².